The summed E-state index contributed by atoms with van der Waals surface area (Å²) in [6.45, 7) is 8.44. The summed E-state index contributed by atoms with van der Waals surface area (Å²) in [5, 5.41) is 1.39. The normalized spacial score (nSPS) is 13.6. The fourth-order valence-electron chi connectivity index (χ4n) is 4.10. The number of fused-ring (bicyclic) bond motifs is 3. The molecule has 7 heteroatoms. The second-order valence-corrected chi connectivity index (χ2v) is 9.57. The van der Waals surface area contributed by atoms with Crippen molar-refractivity contribution in [1.82, 2.24) is 14.1 Å². The molecule has 1 aliphatic carbocycles. The molecule has 0 N–H and O–H groups in total. The minimum atomic E-state index is 0.00788. The number of hydrogen-bond acceptors (Lipinski definition) is 5. The fraction of sp³-hybridized carbons (Fsp3) is 0.409. The van der Waals surface area contributed by atoms with Crippen molar-refractivity contribution in [3.8, 4) is 0 Å². The van der Waals surface area contributed by atoms with Crippen molar-refractivity contribution in [3.05, 3.63) is 56.5 Å². The monoisotopic (exact) mass is 427 g/mol. The second kappa shape index (κ2) is 7.95. The molecule has 0 unspecified atom stereocenters. The molecular weight excluding hydrogens is 402 g/mol. The van der Waals surface area contributed by atoms with Gasteiger partial charge in [-0.2, -0.15) is 0 Å². The van der Waals surface area contributed by atoms with Crippen LogP contribution in [0.2, 0.25) is 0 Å². The molecule has 3 aromatic rings. The molecule has 0 amide bonds. The molecule has 0 saturated heterocycles. The molecule has 0 aromatic carbocycles. The molecule has 0 radical (unpaired) electrons. The van der Waals surface area contributed by atoms with Crippen LogP contribution in [-0.2, 0) is 26.4 Å². The quantitative estimate of drug-likeness (QED) is 0.252. The van der Waals surface area contributed by atoms with E-state index in [-0.39, 0.29) is 17.1 Å². The van der Waals surface area contributed by atoms with Crippen molar-refractivity contribution in [2.75, 3.05) is 5.75 Å². The number of ketones is 1. The van der Waals surface area contributed by atoms with Gasteiger partial charge in [-0.3, -0.25) is 14.2 Å². The van der Waals surface area contributed by atoms with Crippen LogP contribution in [0.1, 0.15) is 45.0 Å². The molecule has 152 valence electrons. The Morgan fingerprint density at radius 3 is 2.86 bits per heavy atom. The summed E-state index contributed by atoms with van der Waals surface area (Å²) < 4.78 is 3.68. The number of thioether (sulfide) groups is 1. The lowest BCUT2D eigenvalue weighted by Crippen LogP contribution is -2.21. The second-order valence-electron chi connectivity index (χ2n) is 7.55. The standard InChI is InChI=1S/C22H25N3O2S2/c1-5-10-25-13(2)11-16(14(25)3)17(26)12-28-22-23-20-19(21(27)24(22)4)15-8-6-7-9-18(15)29-20/h5,11H,1,6-10,12H2,2-4H3. The summed E-state index contributed by atoms with van der Waals surface area (Å²) in [6, 6.07) is 1.94. The van der Waals surface area contributed by atoms with Gasteiger partial charge in [0.25, 0.3) is 5.56 Å². The van der Waals surface area contributed by atoms with Gasteiger partial charge in [0.15, 0.2) is 10.9 Å². The van der Waals surface area contributed by atoms with Gasteiger partial charge in [-0.05, 0) is 51.2 Å². The highest BCUT2D eigenvalue weighted by atomic mass is 32.2. The average Bonchev–Trinajstić information content (AvgIpc) is 3.22. The van der Waals surface area contributed by atoms with Gasteiger partial charge in [-0.15, -0.1) is 17.9 Å². The Kier molecular flexibility index (Phi) is 5.53. The van der Waals surface area contributed by atoms with Crippen molar-refractivity contribution >= 4 is 39.1 Å². The first-order valence-corrected chi connectivity index (χ1v) is 11.7. The Bertz CT molecular complexity index is 1180. The minimum Gasteiger partial charge on any atom is -0.345 e. The molecule has 0 saturated carbocycles. The van der Waals surface area contributed by atoms with Crippen LogP contribution in [0.4, 0.5) is 0 Å². The summed E-state index contributed by atoms with van der Waals surface area (Å²) in [6.07, 6.45) is 6.16. The van der Waals surface area contributed by atoms with Gasteiger partial charge < -0.3 is 4.57 Å². The van der Waals surface area contributed by atoms with Gasteiger partial charge in [0.1, 0.15) is 4.83 Å². The van der Waals surface area contributed by atoms with Crippen molar-refractivity contribution in [1.29, 1.82) is 0 Å². The first-order chi connectivity index (χ1) is 13.9. The number of thiophene rings is 1. The van der Waals surface area contributed by atoms with Crippen LogP contribution in [0.25, 0.3) is 10.2 Å². The van der Waals surface area contributed by atoms with E-state index in [0.717, 1.165) is 46.4 Å². The average molecular weight is 428 g/mol. The Morgan fingerprint density at radius 2 is 2.10 bits per heavy atom. The van der Waals surface area contributed by atoms with E-state index >= 15 is 0 Å². The molecule has 4 rings (SSSR count). The molecule has 3 aromatic heterocycles. The van der Waals surface area contributed by atoms with E-state index in [2.05, 4.69) is 11.1 Å². The van der Waals surface area contributed by atoms with Gasteiger partial charge >= 0.3 is 0 Å². The molecule has 1 aliphatic rings. The first-order valence-electron chi connectivity index (χ1n) is 9.87. The molecule has 3 heterocycles. The Hall–Kier alpha value is -2.12. The van der Waals surface area contributed by atoms with Crippen LogP contribution >= 0.6 is 23.1 Å². The number of nitrogens with zero attached hydrogens (tertiary/aromatic N) is 3. The largest absolute Gasteiger partial charge is 0.345 e. The summed E-state index contributed by atoms with van der Waals surface area (Å²) in [4.78, 5) is 32.7. The zero-order valence-corrected chi connectivity index (χ0v) is 18.7. The predicted octanol–water partition coefficient (Wildman–Crippen LogP) is 4.45. The molecule has 0 fully saturated rings. The number of aromatic nitrogens is 3. The van der Waals surface area contributed by atoms with E-state index in [1.165, 1.54) is 28.6 Å². The SMILES string of the molecule is C=CCn1c(C)cc(C(=O)CSc2nc3sc4c(c3c(=O)n2C)CCCC4)c1C. The minimum absolute atomic E-state index is 0.00788. The topological polar surface area (TPSA) is 56.9 Å². The van der Waals surface area contributed by atoms with Crippen molar-refractivity contribution in [3.63, 3.8) is 0 Å². The van der Waals surface area contributed by atoms with Crippen molar-refractivity contribution < 1.29 is 4.79 Å². The van der Waals surface area contributed by atoms with Gasteiger partial charge in [0, 0.05) is 35.4 Å². The number of carbonyl (C=O) groups excluding carboxylic acids is 1. The maximum Gasteiger partial charge on any atom is 0.262 e. The van der Waals surface area contributed by atoms with Gasteiger partial charge in [-0.1, -0.05) is 17.8 Å². The van der Waals surface area contributed by atoms with Gasteiger partial charge in [0.2, 0.25) is 0 Å². The van der Waals surface area contributed by atoms with Crippen LogP contribution in [0.15, 0.2) is 28.7 Å². The zero-order valence-electron chi connectivity index (χ0n) is 17.1. The van der Waals surface area contributed by atoms with E-state index in [1.54, 1.807) is 23.0 Å². The number of Topliss-reactive ketones (excluding diaryl/α,β-unsaturated/α-hetero) is 1. The maximum atomic E-state index is 13.0. The predicted molar refractivity (Wildman–Crippen MR) is 121 cm³/mol. The molecule has 0 aliphatic heterocycles. The van der Waals surface area contributed by atoms with Gasteiger partial charge in [0.05, 0.1) is 11.1 Å². The number of allylic oxidation sites excluding steroid dienone is 1. The molecule has 0 bridgehead atoms. The fourth-order valence-corrected chi connectivity index (χ4v) is 6.26. The number of rotatable bonds is 6. The molecular formula is C22H25N3O2S2. The lowest BCUT2D eigenvalue weighted by molar-refractivity contribution is 0.102. The summed E-state index contributed by atoms with van der Waals surface area (Å²) in [5.41, 5.74) is 3.94. The third-order valence-corrected chi connectivity index (χ3v) is 7.89. The van der Waals surface area contributed by atoms with Crippen LogP contribution in [0, 0.1) is 13.8 Å². The van der Waals surface area contributed by atoms with Crippen molar-refractivity contribution in [2.24, 2.45) is 7.05 Å². The molecule has 29 heavy (non-hydrogen) atoms. The van der Waals surface area contributed by atoms with E-state index in [4.69, 9.17) is 4.98 Å². The highest BCUT2D eigenvalue weighted by molar-refractivity contribution is 7.99. The van der Waals surface area contributed by atoms with E-state index < -0.39 is 0 Å². The first kappa shape index (κ1) is 20.2. The van der Waals surface area contributed by atoms with E-state index in [0.29, 0.717) is 11.7 Å². The smallest absolute Gasteiger partial charge is 0.262 e. The molecule has 0 atom stereocenters. The van der Waals surface area contributed by atoms with Crippen LogP contribution in [-0.4, -0.2) is 25.7 Å². The summed E-state index contributed by atoms with van der Waals surface area (Å²) >= 11 is 2.99. The number of hydrogen-bond donors (Lipinski definition) is 0. The highest BCUT2D eigenvalue weighted by Crippen LogP contribution is 2.34. The summed E-state index contributed by atoms with van der Waals surface area (Å²) in [5.74, 6) is 0.313. The Morgan fingerprint density at radius 1 is 1.34 bits per heavy atom. The van der Waals surface area contributed by atoms with E-state index in [9.17, 15) is 9.59 Å². The number of carbonyl (C=O) groups is 1. The molecule has 5 nitrogen and oxygen atoms in total. The number of aryl methyl sites for hydroxylation is 3. The Labute approximate surface area is 178 Å². The van der Waals surface area contributed by atoms with E-state index in [1.807, 2.05) is 26.0 Å². The lowest BCUT2D eigenvalue weighted by Gasteiger charge is -2.10. The highest BCUT2D eigenvalue weighted by Gasteiger charge is 2.22. The maximum absolute atomic E-state index is 13.0. The summed E-state index contributed by atoms with van der Waals surface area (Å²) in [7, 11) is 1.75. The zero-order chi connectivity index (χ0) is 20.7. The Balaban J connectivity index is 1.61. The van der Waals surface area contributed by atoms with Crippen LogP contribution in [0.3, 0.4) is 0 Å². The van der Waals surface area contributed by atoms with Gasteiger partial charge in [-0.25, -0.2) is 4.98 Å². The van der Waals surface area contributed by atoms with Crippen LogP contribution < -0.4 is 5.56 Å². The third-order valence-electron chi connectivity index (χ3n) is 5.67. The lowest BCUT2D eigenvalue weighted by atomic mass is 9.97. The van der Waals surface area contributed by atoms with Crippen molar-refractivity contribution in [2.45, 2.75) is 51.2 Å². The third kappa shape index (κ3) is 3.51. The molecule has 0 spiro atoms. The van der Waals surface area contributed by atoms with Crippen LogP contribution in [0.5, 0.6) is 0 Å².